The number of hydrogen-bond acceptors (Lipinski definition) is 5. The number of H-pyrrole nitrogens is 1. The smallest absolute Gasteiger partial charge is 0.321 e. The predicted molar refractivity (Wildman–Crippen MR) is 63.3 cm³/mol. The van der Waals surface area contributed by atoms with E-state index in [1.807, 2.05) is 6.26 Å². The monoisotopic (exact) mass is 279 g/mol. The molecule has 0 unspecified atom stereocenters. The topological polar surface area (TPSA) is 112 Å². The Kier molecular flexibility index (Phi) is 4.97. The van der Waals surface area contributed by atoms with Gasteiger partial charge in [-0.2, -0.15) is 21.6 Å². The molecule has 96 valence electrons. The summed E-state index contributed by atoms with van der Waals surface area (Å²) in [6.07, 6.45) is 3.33. The first kappa shape index (κ1) is 14.0. The minimum atomic E-state index is -3.85. The molecule has 1 atom stereocenters. The molecule has 0 amide bonds. The Morgan fingerprint density at radius 1 is 1.71 bits per heavy atom. The second-order valence-electron chi connectivity index (χ2n) is 3.21. The zero-order chi connectivity index (χ0) is 12.9. The Labute approximate surface area is 103 Å². The molecule has 0 fully saturated rings. The van der Waals surface area contributed by atoms with Crippen LogP contribution >= 0.6 is 11.8 Å². The zero-order valence-corrected chi connectivity index (χ0v) is 10.7. The summed E-state index contributed by atoms with van der Waals surface area (Å²) in [6, 6.07) is 0.131. The lowest BCUT2D eigenvalue weighted by Crippen LogP contribution is -2.41. The van der Waals surface area contributed by atoms with Gasteiger partial charge in [0, 0.05) is 0 Å². The number of nitrogens with one attached hydrogen (secondary N) is 2. The Morgan fingerprint density at radius 2 is 2.41 bits per heavy atom. The van der Waals surface area contributed by atoms with Crippen LogP contribution in [0.5, 0.6) is 0 Å². The van der Waals surface area contributed by atoms with Crippen LogP contribution in [-0.4, -0.2) is 47.7 Å². The third-order valence-electron chi connectivity index (χ3n) is 1.97. The molecule has 0 aliphatic heterocycles. The van der Waals surface area contributed by atoms with Gasteiger partial charge in [-0.05, 0) is 24.5 Å². The lowest BCUT2D eigenvalue weighted by molar-refractivity contribution is -0.139. The average Bonchev–Trinajstić information content (AvgIpc) is 2.77. The van der Waals surface area contributed by atoms with E-state index in [0.29, 0.717) is 5.75 Å². The van der Waals surface area contributed by atoms with Crippen LogP contribution in [0.1, 0.15) is 6.42 Å². The highest BCUT2D eigenvalue weighted by molar-refractivity contribution is 7.98. The lowest BCUT2D eigenvalue weighted by Gasteiger charge is -2.13. The number of aromatic amines is 1. The molecule has 17 heavy (non-hydrogen) atoms. The maximum Gasteiger partial charge on any atom is 0.321 e. The molecule has 0 bridgehead atoms. The van der Waals surface area contributed by atoms with Crippen LogP contribution in [0.15, 0.2) is 17.3 Å². The predicted octanol–water partition coefficient (Wildman–Crippen LogP) is -0.106. The van der Waals surface area contributed by atoms with E-state index in [2.05, 4.69) is 14.9 Å². The summed E-state index contributed by atoms with van der Waals surface area (Å²) in [5.41, 5.74) is 0. The van der Waals surface area contributed by atoms with Gasteiger partial charge < -0.3 is 5.11 Å². The van der Waals surface area contributed by atoms with E-state index in [-0.39, 0.29) is 11.4 Å². The zero-order valence-electron chi connectivity index (χ0n) is 9.08. The first-order valence-corrected chi connectivity index (χ1v) is 7.58. The van der Waals surface area contributed by atoms with Crippen LogP contribution in [0.4, 0.5) is 0 Å². The molecule has 1 heterocycles. The fourth-order valence-corrected chi connectivity index (χ4v) is 2.72. The second-order valence-corrected chi connectivity index (χ2v) is 5.88. The third-order valence-corrected chi connectivity index (χ3v) is 4.02. The first-order chi connectivity index (χ1) is 7.97. The Hall–Kier alpha value is -1.06. The van der Waals surface area contributed by atoms with Crippen molar-refractivity contribution >= 4 is 27.8 Å². The molecule has 1 rings (SSSR count). The van der Waals surface area contributed by atoms with E-state index in [1.54, 1.807) is 0 Å². The molecule has 9 heteroatoms. The van der Waals surface area contributed by atoms with Gasteiger partial charge in [-0.25, -0.2) is 8.42 Å². The average molecular weight is 279 g/mol. The third kappa shape index (κ3) is 4.02. The quantitative estimate of drug-likeness (QED) is 0.642. The van der Waals surface area contributed by atoms with E-state index >= 15 is 0 Å². The van der Waals surface area contributed by atoms with Crippen molar-refractivity contribution in [2.75, 3.05) is 12.0 Å². The van der Waals surface area contributed by atoms with Crippen molar-refractivity contribution < 1.29 is 18.3 Å². The number of thioether (sulfide) groups is 1. The van der Waals surface area contributed by atoms with Crippen molar-refractivity contribution in [3.05, 3.63) is 12.3 Å². The van der Waals surface area contributed by atoms with Crippen LogP contribution in [0.2, 0.25) is 0 Å². The minimum absolute atomic E-state index is 0.145. The number of hydrogen-bond donors (Lipinski definition) is 3. The SMILES string of the molecule is CSCC[C@H](NS(=O)(=O)c1ccn[nH]1)C(=O)O. The summed E-state index contributed by atoms with van der Waals surface area (Å²) in [5, 5.41) is 14.5. The molecular weight excluding hydrogens is 266 g/mol. The molecule has 3 N–H and O–H groups in total. The van der Waals surface area contributed by atoms with E-state index in [9.17, 15) is 13.2 Å². The van der Waals surface area contributed by atoms with Crippen molar-refractivity contribution in [1.82, 2.24) is 14.9 Å². The Bertz CT molecular complexity index is 457. The van der Waals surface area contributed by atoms with Gasteiger partial charge in [0.15, 0.2) is 5.03 Å². The van der Waals surface area contributed by atoms with E-state index in [1.165, 1.54) is 24.0 Å². The molecular formula is C8H13N3O4S2. The lowest BCUT2D eigenvalue weighted by atomic mass is 10.2. The minimum Gasteiger partial charge on any atom is -0.480 e. The number of rotatable bonds is 7. The van der Waals surface area contributed by atoms with Crippen molar-refractivity contribution in [3.8, 4) is 0 Å². The summed E-state index contributed by atoms with van der Waals surface area (Å²) in [4.78, 5) is 10.9. The van der Waals surface area contributed by atoms with Crippen LogP contribution < -0.4 is 4.72 Å². The Morgan fingerprint density at radius 3 is 2.88 bits per heavy atom. The highest BCUT2D eigenvalue weighted by Crippen LogP contribution is 2.07. The van der Waals surface area contributed by atoms with Gasteiger partial charge in [-0.3, -0.25) is 9.89 Å². The number of nitrogens with zero attached hydrogens (tertiary/aromatic N) is 1. The molecule has 1 aromatic heterocycles. The van der Waals surface area contributed by atoms with E-state index in [0.717, 1.165) is 0 Å². The summed E-state index contributed by atoms with van der Waals surface area (Å²) in [7, 11) is -3.85. The molecule has 1 aromatic rings. The van der Waals surface area contributed by atoms with E-state index < -0.39 is 22.0 Å². The van der Waals surface area contributed by atoms with Gasteiger partial charge in [0.1, 0.15) is 6.04 Å². The van der Waals surface area contributed by atoms with Crippen molar-refractivity contribution in [2.45, 2.75) is 17.5 Å². The largest absolute Gasteiger partial charge is 0.480 e. The Balaban J connectivity index is 2.76. The molecule has 0 aliphatic carbocycles. The summed E-state index contributed by atoms with van der Waals surface area (Å²) >= 11 is 1.45. The van der Waals surface area contributed by atoms with Crippen molar-refractivity contribution in [1.29, 1.82) is 0 Å². The fourth-order valence-electron chi connectivity index (χ4n) is 1.11. The summed E-state index contributed by atoms with van der Waals surface area (Å²) < 4.78 is 25.6. The maximum absolute atomic E-state index is 11.7. The van der Waals surface area contributed by atoms with Crippen LogP contribution in [-0.2, 0) is 14.8 Å². The number of aliphatic carboxylic acids is 1. The van der Waals surface area contributed by atoms with Crippen molar-refractivity contribution in [2.24, 2.45) is 0 Å². The maximum atomic E-state index is 11.7. The number of aromatic nitrogens is 2. The van der Waals surface area contributed by atoms with Gasteiger partial charge in [-0.1, -0.05) is 0 Å². The fraction of sp³-hybridized carbons (Fsp3) is 0.500. The molecule has 0 radical (unpaired) electrons. The summed E-state index contributed by atoms with van der Waals surface area (Å²) in [5.74, 6) is -0.634. The van der Waals surface area contributed by atoms with Crippen LogP contribution in [0, 0.1) is 0 Å². The number of carbonyl (C=O) groups is 1. The number of sulfonamides is 1. The molecule has 7 nitrogen and oxygen atoms in total. The van der Waals surface area contributed by atoms with Gasteiger partial charge in [-0.15, -0.1) is 0 Å². The molecule has 0 aromatic carbocycles. The molecule has 0 saturated carbocycles. The highest BCUT2D eigenvalue weighted by atomic mass is 32.2. The molecule has 0 spiro atoms. The van der Waals surface area contributed by atoms with Gasteiger partial charge in [0.25, 0.3) is 10.0 Å². The van der Waals surface area contributed by atoms with Gasteiger partial charge in [0.2, 0.25) is 0 Å². The molecule has 0 saturated heterocycles. The summed E-state index contributed by atoms with van der Waals surface area (Å²) in [6.45, 7) is 0. The highest BCUT2D eigenvalue weighted by Gasteiger charge is 2.25. The van der Waals surface area contributed by atoms with E-state index in [4.69, 9.17) is 5.11 Å². The number of carboxylic acid groups (broad SMARTS) is 1. The van der Waals surface area contributed by atoms with Crippen molar-refractivity contribution in [3.63, 3.8) is 0 Å². The second kappa shape index (κ2) is 6.03. The number of carboxylic acids is 1. The van der Waals surface area contributed by atoms with Crippen LogP contribution in [0.25, 0.3) is 0 Å². The van der Waals surface area contributed by atoms with Gasteiger partial charge >= 0.3 is 5.97 Å². The normalized spacial score (nSPS) is 13.5. The molecule has 0 aliphatic rings. The van der Waals surface area contributed by atoms with Crippen LogP contribution in [0.3, 0.4) is 0 Å². The first-order valence-electron chi connectivity index (χ1n) is 4.71. The van der Waals surface area contributed by atoms with Gasteiger partial charge in [0.05, 0.1) is 6.20 Å². The standard InChI is InChI=1S/C8H13N3O4S2/c1-16-5-3-6(8(12)13)11-17(14,15)7-2-4-9-10-7/h2,4,6,11H,3,5H2,1H3,(H,9,10)(H,12,13)/t6-/m0/s1.